The minimum absolute atomic E-state index is 0.308. The van der Waals surface area contributed by atoms with Crippen molar-refractivity contribution in [1.29, 1.82) is 0 Å². The van der Waals surface area contributed by atoms with E-state index < -0.39 is 24.0 Å². The second-order valence-corrected chi connectivity index (χ2v) is 7.06. The van der Waals surface area contributed by atoms with Gasteiger partial charge in [0.1, 0.15) is 18.0 Å². The van der Waals surface area contributed by atoms with Gasteiger partial charge in [-0.2, -0.15) is 5.43 Å². The first kappa shape index (κ1) is 20.5. The maximum Gasteiger partial charge on any atom is 0.326 e. The molecule has 1 unspecified atom stereocenters. The van der Waals surface area contributed by atoms with Gasteiger partial charge in [0.15, 0.2) is 6.29 Å². The Bertz CT molecular complexity index is 979. The average molecular weight is 425 g/mol. The molecule has 4 rings (SSSR count). The molecule has 2 aromatic rings. The summed E-state index contributed by atoms with van der Waals surface area (Å²) in [5.41, 5.74) is 4.44. The van der Waals surface area contributed by atoms with Crippen LogP contribution < -0.4 is 25.1 Å². The van der Waals surface area contributed by atoms with Crippen molar-refractivity contribution in [1.82, 2.24) is 15.3 Å². The number of carbonyl (C=O) groups is 3. The van der Waals surface area contributed by atoms with Crippen molar-refractivity contribution < 1.29 is 23.9 Å². The number of benzene rings is 2. The Balaban J connectivity index is 1.45. The molecule has 2 aliphatic heterocycles. The Morgan fingerprint density at radius 3 is 2.13 bits per heavy atom. The monoisotopic (exact) mass is 425 g/mol. The molecule has 2 heterocycles. The van der Waals surface area contributed by atoms with Gasteiger partial charge in [-0.25, -0.2) is 0 Å². The minimum atomic E-state index is -0.766. The van der Waals surface area contributed by atoms with Gasteiger partial charge < -0.3 is 19.7 Å². The summed E-state index contributed by atoms with van der Waals surface area (Å²) < 4.78 is 10.3. The topological polar surface area (TPSA) is 103 Å². The Kier molecular flexibility index (Phi) is 5.63. The molecule has 0 saturated carbocycles. The molecule has 2 N–H and O–H groups in total. The van der Waals surface area contributed by atoms with Crippen LogP contribution in [0.1, 0.15) is 0 Å². The molecule has 2 aliphatic rings. The quantitative estimate of drug-likeness (QED) is 0.654. The Morgan fingerprint density at radius 2 is 1.52 bits per heavy atom. The second-order valence-electron chi connectivity index (χ2n) is 7.06. The van der Waals surface area contributed by atoms with Gasteiger partial charge in [-0.15, -0.1) is 0 Å². The maximum absolute atomic E-state index is 12.6. The molecular weight excluding hydrogens is 402 g/mol. The van der Waals surface area contributed by atoms with E-state index in [4.69, 9.17) is 9.47 Å². The minimum Gasteiger partial charge on any atom is -0.497 e. The number of rotatable bonds is 6. The molecule has 0 radical (unpaired) electrons. The molecule has 0 bridgehead atoms. The first-order chi connectivity index (χ1) is 15.0. The Morgan fingerprint density at radius 1 is 0.935 bits per heavy atom. The highest BCUT2D eigenvalue weighted by atomic mass is 16.5. The summed E-state index contributed by atoms with van der Waals surface area (Å²) in [5, 5.41) is 3.77. The Hall–Kier alpha value is -3.79. The molecule has 10 heteroatoms. The molecule has 2 aromatic carbocycles. The van der Waals surface area contributed by atoms with Crippen LogP contribution in [0.15, 0.2) is 48.5 Å². The van der Waals surface area contributed by atoms with Gasteiger partial charge in [-0.3, -0.25) is 24.3 Å². The van der Waals surface area contributed by atoms with Crippen LogP contribution in [-0.2, 0) is 14.4 Å². The number of ether oxygens (including phenoxy) is 2. The number of anilines is 2. The summed E-state index contributed by atoms with van der Waals surface area (Å²) in [6.45, 7) is 0.645. The predicted molar refractivity (Wildman–Crippen MR) is 112 cm³/mol. The SMILES string of the molecule is COc1ccc(NC(=O)CN2NC3N(CCN3c3ccc(OC)cc3)C(=O)C2=O)cc1. The van der Waals surface area contributed by atoms with E-state index in [1.165, 1.54) is 4.90 Å². The van der Waals surface area contributed by atoms with Crippen molar-refractivity contribution in [2.75, 3.05) is 44.1 Å². The molecule has 10 nitrogen and oxygen atoms in total. The van der Waals surface area contributed by atoms with Crippen molar-refractivity contribution in [2.24, 2.45) is 0 Å². The van der Waals surface area contributed by atoms with E-state index in [1.807, 2.05) is 29.2 Å². The number of nitrogens with one attached hydrogen (secondary N) is 2. The summed E-state index contributed by atoms with van der Waals surface area (Å²) in [7, 11) is 3.15. The van der Waals surface area contributed by atoms with Crippen LogP contribution in [0.25, 0.3) is 0 Å². The lowest BCUT2D eigenvalue weighted by Crippen LogP contribution is -2.68. The largest absolute Gasteiger partial charge is 0.497 e. The van der Waals surface area contributed by atoms with Gasteiger partial charge in [0, 0.05) is 24.5 Å². The van der Waals surface area contributed by atoms with Crippen LogP contribution >= 0.6 is 0 Å². The molecule has 1 atom stereocenters. The van der Waals surface area contributed by atoms with Crippen molar-refractivity contribution in [3.8, 4) is 11.5 Å². The third-order valence-electron chi connectivity index (χ3n) is 5.21. The first-order valence-electron chi connectivity index (χ1n) is 9.73. The Labute approximate surface area is 179 Å². The van der Waals surface area contributed by atoms with E-state index in [2.05, 4.69) is 10.7 Å². The van der Waals surface area contributed by atoms with Gasteiger partial charge in [0.25, 0.3) is 0 Å². The predicted octanol–water partition coefficient (Wildman–Crippen LogP) is 0.622. The van der Waals surface area contributed by atoms with Crippen LogP contribution in [0.4, 0.5) is 11.4 Å². The van der Waals surface area contributed by atoms with Gasteiger partial charge in [-0.05, 0) is 48.5 Å². The van der Waals surface area contributed by atoms with Crippen LogP contribution in [-0.4, -0.2) is 67.8 Å². The summed E-state index contributed by atoms with van der Waals surface area (Å²) >= 11 is 0. The lowest BCUT2D eigenvalue weighted by atomic mass is 10.3. The highest BCUT2D eigenvalue weighted by molar-refractivity contribution is 6.35. The van der Waals surface area contributed by atoms with E-state index in [9.17, 15) is 14.4 Å². The molecule has 0 aromatic heterocycles. The smallest absolute Gasteiger partial charge is 0.326 e. The van der Waals surface area contributed by atoms with E-state index in [1.54, 1.807) is 38.5 Å². The fourth-order valence-electron chi connectivity index (χ4n) is 3.60. The third kappa shape index (κ3) is 4.10. The zero-order valence-corrected chi connectivity index (χ0v) is 17.2. The van der Waals surface area contributed by atoms with Gasteiger partial charge in [0.05, 0.1) is 14.2 Å². The summed E-state index contributed by atoms with van der Waals surface area (Å²) in [6.07, 6.45) is -0.563. The van der Waals surface area contributed by atoms with Crippen LogP contribution in [0.3, 0.4) is 0 Å². The number of hydrazine groups is 1. The summed E-state index contributed by atoms with van der Waals surface area (Å²) in [4.78, 5) is 41.0. The third-order valence-corrected chi connectivity index (χ3v) is 5.21. The lowest BCUT2D eigenvalue weighted by molar-refractivity contribution is -0.163. The van der Waals surface area contributed by atoms with Crippen LogP contribution in [0.5, 0.6) is 11.5 Å². The molecule has 2 saturated heterocycles. The van der Waals surface area contributed by atoms with Crippen molar-refractivity contribution >= 4 is 29.1 Å². The van der Waals surface area contributed by atoms with Gasteiger partial charge in [-0.1, -0.05) is 0 Å². The number of amides is 3. The fraction of sp³-hybridized carbons (Fsp3) is 0.286. The number of hydrogen-bond acceptors (Lipinski definition) is 7. The fourth-order valence-corrected chi connectivity index (χ4v) is 3.60. The number of carbonyl (C=O) groups excluding carboxylic acids is 3. The van der Waals surface area contributed by atoms with Crippen LogP contribution in [0.2, 0.25) is 0 Å². The van der Waals surface area contributed by atoms with E-state index in [0.29, 0.717) is 24.5 Å². The normalized spacial score (nSPS) is 18.1. The zero-order valence-electron chi connectivity index (χ0n) is 17.2. The molecule has 31 heavy (non-hydrogen) atoms. The molecular formula is C21H23N5O5. The van der Waals surface area contributed by atoms with Crippen molar-refractivity contribution in [2.45, 2.75) is 6.29 Å². The zero-order chi connectivity index (χ0) is 22.0. The lowest BCUT2D eigenvalue weighted by Gasteiger charge is -2.40. The molecule has 162 valence electrons. The van der Waals surface area contributed by atoms with E-state index in [0.717, 1.165) is 16.4 Å². The summed E-state index contributed by atoms with van der Waals surface area (Å²) in [6, 6.07) is 14.2. The van der Waals surface area contributed by atoms with Gasteiger partial charge >= 0.3 is 11.8 Å². The molecule has 0 aliphatic carbocycles. The highest BCUT2D eigenvalue weighted by Gasteiger charge is 2.45. The molecule has 2 fully saturated rings. The van der Waals surface area contributed by atoms with E-state index in [-0.39, 0.29) is 6.54 Å². The van der Waals surface area contributed by atoms with Crippen molar-refractivity contribution in [3.63, 3.8) is 0 Å². The number of nitrogens with zero attached hydrogens (tertiary/aromatic N) is 3. The number of hydrogen-bond donors (Lipinski definition) is 2. The highest BCUT2D eigenvalue weighted by Crippen LogP contribution is 2.27. The molecule has 0 spiro atoms. The standard InChI is InChI=1S/C21H23N5O5/c1-30-16-7-3-14(4-8-16)22-18(27)13-26-20(29)19(28)25-12-11-24(21(25)23-26)15-5-9-17(31-2)10-6-15/h3-10,21,23H,11-13H2,1-2H3,(H,22,27). The maximum atomic E-state index is 12.6. The second kappa shape index (κ2) is 8.52. The number of fused-ring (bicyclic) bond motifs is 1. The average Bonchev–Trinajstić information content (AvgIpc) is 3.21. The van der Waals surface area contributed by atoms with Crippen LogP contribution in [0, 0.1) is 0 Å². The number of methoxy groups -OCH3 is 2. The summed E-state index contributed by atoms with van der Waals surface area (Å²) in [5.74, 6) is -0.452. The van der Waals surface area contributed by atoms with E-state index >= 15 is 0 Å². The van der Waals surface area contributed by atoms with Crippen molar-refractivity contribution in [3.05, 3.63) is 48.5 Å². The van der Waals surface area contributed by atoms with Gasteiger partial charge in [0.2, 0.25) is 5.91 Å². The first-order valence-corrected chi connectivity index (χ1v) is 9.73. The molecule has 3 amide bonds.